The largest absolute Gasteiger partial charge is 0.393 e. The first kappa shape index (κ1) is 20.3. The third-order valence-corrected chi connectivity index (χ3v) is 6.64. The van der Waals surface area contributed by atoms with E-state index in [9.17, 15) is 5.11 Å². The van der Waals surface area contributed by atoms with Crippen LogP contribution in [0.2, 0.25) is 0 Å². The van der Waals surface area contributed by atoms with E-state index in [4.69, 9.17) is 5.73 Å². The van der Waals surface area contributed by atoms with Crippen LogP contribution in [0.1, 0.15) is 56.6 Å². The lowest BCUT2D eigenvalue weighted by molar-refractivity contribution is 0.116. The molecule has 1 aromatic carbocycles. The molecule has 2 aliphatic rings. The maximum absolute atomic E-state index is 9.67. The van der Waals surface area contributed by atoms with Crippen LogP contribution in [0.15, 0.2) is 36.5 Å². The number of nitrogen functional groups attached to an aromatic ring is 1. The summed E-state index contributed by atoms with van der Waals surface area (Å²) in [6.07, 6.45) is 8.17. The van der Waals surface area contributed by atoms with E-state index >= 15 is 0 Å². The zero-order valence-electron chi connectivity index (χ0n) is 17.5. The first-order valence-electron chi connectivity index (χ1n) is 11.1. The molecular weight excluding hydrogens is 360 g/mol. The predicted octanol–water partition coefficient (Wildman–Crippen LogP) is 3.71. The van der Waals surface area contributed by atoms with E-state index in [0.29, 0.717) is 17.9 Å². The van der Waals surface area contributed by atoms with E-state index in [1.54, 1.807) is 0 Å². The summed E-state index contributed by atoms with van der Waals surface area (Å²) in [5, 5.41) is 13.3. The average molecular weight is 395 g/mol. The summed E-state index contributed by atoms with van der Waals surface area (Å²) in [4.78, 5) is 7.00. The molecule has 0 bridgehead atoms. The lowest BCUT2D eigenvalue weighted by Crippen LogP contribution is -2.34. The highest BCUT2D eigenvalue weighted by Gasteiger charge is 2.20. The number of aliphatic hydroxyl groups excluding tert-OH is 1. The number of anilines is 1. The van der Waals surface area contributed by atoms with E-state index < -0.39 is 0 Å². The number of aromatic nitrogens is 1. The van der Waals surface area contributed by atoms with Crippen molar-refractivity contribution in [2.75, 3.05) is 12.3 Å². The van der Waals surface area contributed by atoms with Gasteiger partial charge in [-0.1, -0.05) is 24.3 Å². The first-order chi connectivity index (χ1) is 14.1. The van der Waals surface area contributed by atoms with Gasteiger partial charge in [-0.15, -0.1) is 0 Å². The Kier molecular flexibility index (Phi) is 6.48. The first-order valence-corrected chi connectivity index (χ1v) is 11.1. The van der Waals surface area contributed by atoms with E-state index in [1.807, 2.05) is 6.20 Å². The van der Waals surface area contributed by atoms with Crippen molar-refractivity contribution in [1.82, 2.24) is 15.2 Å². The summed E-state index contributed by atoms with van der Waals surface area (Å²) in [6.45, 7) is 5.29. The van der Waals surface area contributed by atoms with Crippen LogP contribution in [0.4, 0.5) is 5.82 Å². The maximum Gasteiger partial charge on any atom is 0.127 e. The summed E-state index contributed by atoms with van der Waals surface area (Å²) in [7, 11) is 0. The molecule has 0 spiro atoms. The molecule has 2 aromatic rings. The molecule has 1 saturated carbocycles. The van der Waals surface area contributed by atoms with Gasteiger partial charge in [-0.2, -0.15) is 0 Å². The van der Waals surface area contributed by atoms with Crippen molar-refractivity contribution in [1.29, 1.82) is 0 Å². The second-order valence-electron chi connectivity index (χ2n) is 8.81. The Labute approximate surface area is 174 Å². The maximum atomic E-state index is 9.67. The SMILES string of the molecule is C[C@@H]1CCCN1Cc1ccc(-c2cnc(N)c(CNC3CCC(O)CC3)c2)cc1. The van der Waals surface area contributed by atoms with Crippen LogP contribution in [0.25, 0.3) is 11.1 Å². The van der Waals surface area contributed by atoms with Crippen LogP contribution in [-0.2, 0) is 13.1 Å². The normalized spacial score (nSPS) is 25.4. The Morgan fingerprint density at radius 3 is 2.55 bits per heavy atom. The summed E-state index contributed by atoms with van der Waals surface area (Å²) >= 11 is 0. The fourth-order valence-electron chi connectivity index (χ4n) is 4.62. The third-order valence-electron chi connectivity index (χ3n) is 6.64. The second kappa shape index (κ2) is 9.24. The molecule has 156 valence electrons. The molecule has 1 aliphatic heterocycles. The highest BCUT2D eigenvalue weighted by molar-refractivity contribution is 5.65. The molecule has 4 N–H and O–H groups in total. The van der Waals surface area contributed by atoms with E-state index in [-0.39, 0.29) is 6.10 Å². The van der Waals surface area contributed by atoms with Gasteiger partial charge in [0.05, 0.1) is 6.10 Å². The minimum Gasteiger partial charge on any atom is -0.393 e. The van der Waals surface area contributed by atoms with Crippen LogP contribution in [0.5, 0.6) is 0 Å². The molecule has 1 aliphatic carbocycles. The number of benzene rings is 1. The molecule has 5 heteroatoms. The van der Waals surface area contributed by atoms with E-state index in [2.05, 4.69) is 52.5 Å². The molecular formula is C24H34N4O. The summed E-state index contributed by atoms with van der Waals surface area (Å²) < 4.78 is 0. The number of rotatable bonds is 6. The van der Waals surface area contributed by atoms with Crippen LogP contribution >= 0.6 is 0 Å². The second-order valence-corrected chi connectivity index (χ2v) is 8.81. The monoisotopic (exact) mass is 394 g/mol. The van der Waals surface area contributed by atoms with Gasteiger partial charge in [-0.3, -0.25) is 4.90 Å². The van der Waals surface area contributed by atoms with Crippen LogP contribution in [0.3, 0.4) is 0 Å². The molecule has 1 saturated heterocycles. The van der Waals surface area contributed by atoms with Crippen molar-refractivity contribution in [3.8, 4) is 11.1 Å². The van der Waals surface area contributed by atoms with Crippen molar-refractivity contribution in [3.63, 3.8) is 0 Å². The van der Waals surface area contributed by atoms with Gasteiger partial charge in [-0.25, -0.2) is 4.98 Å². The number of likely N-dealkylation sites (tertiary alicyclic amines) is 1. The minimum absolute atomic E-state index is 0.125. The highest BCUT2D eigenvalue weighted by atomic mass is 16.3. The van der Waals surface area contributed by atoms with Crippen molar-refractivity contribution < 1.29 is 5.11 Å². The van der Waals surface area contributed by atoms with E-state index in [0.717, 1.165) is 49.9 Å². The van der Waals surface area contributed by atoms with Crippen molar-refractivity contribution in [2.45, 2.75) is 76.7 Å². The predicted molar refractivity (Wildman–Crippen MR) is 118 cm³/mol. The highest BCUT2D eigenvalue weighted by Crippen LogP contribution is 2.25. The number of nitrogens with one attached hydrogen (secondary N) is 1. The topological polar surface area (TPSA) is 74.4 Å². The van der Waals surface area contributed by atoms with Gasteiger partial charge < -0.3 is 16.2 Å². The lowest BCUT2D eigenvalue weighted by Gasteiger charge is -2.26. The molecule has 5 nitrogen and oxygen atoms in total. The smallest absolute Gasteiger partial charge is 0.127 e. The Morgan fingerprint density at radius 1 is 1.10 bits per heavy atom. The van der Waals surface area contributed by atoms with Gasteiger partial charge in [0, 0.05) is 42.5 Å². The molecule has 4 rings (SSSR count). The van der Waals surface area contributed by atoms with Crippen LogP contribution < -0.4 is 11.1 Å². The van der Waals surface area contributed by atoms with Crippen molar-refractivity contribution in [3.05, 3.63) is 47.7 Å². The number of pyridine rings is 1. The number of hydrogen-bond acceptors (Lipinski definition) is 5. The van der Waals surface area contributed by atoms with Crippen molar-refractivity contribution >= 4 is 5.82 Å². The van der Waals surface area contributed by atoms with Gasteiger partial charge >= 0.3 is 0 Å². The Morgan fingerprint density at radius 2 is 1.86 bits per heavy atom. The quantitative estimate of drug-likeness (QED) is 0.696. The van der Waals surface area contributed by atoms with Gasteiger partial charge in [-0.05, 0) is 69.2 Å². The fraction of sp³-hybridized carbons (Fsp3) is 0.542. The number of nitrogens with zero attached hydrogens (tertiary/aromatic N) is 2. The zero-order valence-corrected chi connectivity index (χ0v) is 17.5. The third kappa shape index (κ3) is 5.16. The van der Waals surface area contributed by atoms with E-state index in [1.165, 1.54) is 30.5 Å². The molecule has 29 heavy (non-hydrogen) atoms. The Hall–Kier alpha value is -1.95. The Balaban J connectivity index is 1.40. The molecule has 1 aromatic heterocycles. The standard InChI is InChI=1S/C24H34N4O/c1-17-3-2-12-28(17)16-18-4-6-19(7-5-18)20-13-21(24(25)27-14-20)15-26-22-8-10-23(29)11-9-22/h4-7,13-14,17,22-23,26,29H,2-3,8-12,15-16H2,1H3,(H2,25,27)/t17-,22?,23?/m1/s1. The van der Waals surface area contributed by atoms with Gasteiger partial charge in [0.1, 0.15) is 5.82 Å². The summed E-state index contributed by atoms with van der Waals surface area (Å²) in [5.41, 5.74) is 10.8. The zero-order chi connectivity index (χ0) is 20.2. The molecule has 2 fully saturated rings. The Bertz CT molecular complexity index is 799. The lowest BCUT2D eigenvalue weighted by atomic mass is 9.93. The summed E-state index contributed by atoms with van der Waals surface area (Å²) in [5.74, 6) is 0.594. The van der Waals surface area contributed by atoms with Gasteiger partial charge in [0.15, 0.2) is 0 Å². The minimum atomic E-state index is -0.125. The molecule has 2 heterocycles. The summed E-state index contributed by atoms with van der Waals surface area (Å²) in [6, 6.07) is 12.2. The van der Waals surface area contributed by atoms with Gasteiger partial charge in [0.25, 0.3) is 0 Å². The van der Waals surface area contributed by atoms with Crippen LogP contribution in [-0.4, -0.2) is 39.7 Å². The molecule has 1 atom stereocenters. The molecule has 0 unspecified atom stereocenters. The number of nitrogens with two attached hydrogens (primary N) is 1. The molecule has 0 amide bonds. The molecule has 0 radical (unpaired) electrons. The van der Waals surface area contributed by atoms with Gasteiger partial charge in [0.2, 0.25) is 0 Å². The average Bonchev–Trinajstić information content (AvgIpc) is 3.14. The van der Waals surface area contributed by atoms with Crippen molar-refractivity contribution in [2.24, 2.45) is 0 Å². The number of aliphatic hydroxyl groups is 1. The number of hydrogen-bond donors (Lipinski definition) is 3. The fourth-order valence-corrected chi connectivity index (χ4v) is 4.62. The van der Waals surface area contributed by atoms with Crippen LogP contribution in [0, 0.1) is 0 Å².